The predicted molar refractivity (Wildman–Crippen MR) is 116 cm³/mol. The molecule has 0 aromatic rings. The molecule has 1 fully saturated rings. The third-order valence-electron chi connectivity index (χ3n) is 5.81. The van der Waals surface area contributed by atoms with Crippen LogP contribution in [0.3, 0.4) is 0 Å². The quantitative estimate of drug-likeness (QED) is 0.257. The van der Waals surface area contributed by atoms with Crippen LogP contribution in [0.2, 0.25) is 0 Å². The van der Waals surface area contributed by atoms with Crippen molar-refractivity contribution >= 4 is 5.91 Å². The number of amides is 1. The van der Waals surface area contributed by atoms with Gasteiger partial charge in [-0.05, 0) is 33.1 Å². The monoisotopic (exact) mass is 381 g/mol. The fourth-order valence-corrected chi connectivity index (χ4v) is 4.08. The Balaban J connectivity index is 1.92. The van der Waals surface area contributed by atoms with E-state index in [0.29, 0.717) is 18.6 Å². The Labute approximate surface area is 169 Å². The van der Waals surface area contributed by atoms with Gasteiger partial charge in [0.1, 0.15) is 0 Å². The molecule has 0 aliphatic carbocycles. The fourth-order valence-electron chi connectivity index (χ4n) is 4.08. The first-order valence-corrected chi connectivity index (χ1v) is 12.1. The SMILES string of the molecule is CCCCCCCCCCCCCCCC(=O)N1CCCC1COC(C)C. The molecule has 1 aliphatic rings. The number of nitrogens with zero attached hydrogens (tertiary/aromatic N) is 1. The van der Waals surface area contributed by atoms with Gasteiger partial charge < -0.3 is 9.64 Å². The van der Waals surface area contributed by atoms with Crippen LogP contribution in [0.25, 0.3) is 0 Å². The Morgan fingerprint density at radius 2 is 1.41 bits per heavy atom. The molecule has 1 heterocycles. The summed E-state index contributed by atoms with van der Waals surface area (Å²) in [6.45, 7) is 8.05. The molecule has 0 saturated carbocycles. The maximum Gasteiger partial charge on any atom is 0.222 e. The number of ether oxygens (including phenoxy) is 1. The second kappa shape index (κ2) is 16.4. The van der Waals surface area contributed by atoms with Crippen LogP contribution in [0.4, 0.5) is 0 Å². The Hall–Kier alpha value is -0.570. The lowest BCUT2D eigenvalue weighted by atomic mass is 10.0. The summed E-state index contributed by atoms with van der Waals surface area (Å²) in [5, 5.41) is 0. The molecule has 3 nitrogen and oxygen atoms in total. The average Bonchev–Trinajstić information content (AvgIpc) is 3.12. The lowest BCUT2D eigenvalue weighted by molar-refractivity contribution is -0.133. The topological polar surface area (TPSA) is 29.5 Å². The zero-order valence-corrected chi connectivity index (χ0v) is 18.6. The van der Waals surface area contributed by atoms with E-state index in [-0.39, 0.29) is 6.10 Å². The summed E-state index contributed by atoms with van der Waals surface area (Å²) in [4.78, 5) is 14.6. The summed E-state index contributed by atoms with van der Waals surface area (Å²) >= 11 is 0. The van der Waals surface area contributed by atoms with Crippen molar-refractivity contribution in [3.05, 3.63) is 0 Å². The van der Waals surface area contributed by atoms with Crippen molar-refractivity contribution in [2.45, 2.75) is 136 Å². The largest absolute Gasteiger partial charge is 0.377 e. The minimum absolute atomic E-state index is 0.253. The molecule has 0 aromatic carbocycles. The zero-order chi connectivity index (χ0) is 19.7. The number of likely N-dealkylation sites (tertiary alicyclic amines) is 1. The number of carbonyl (C=O) groups is 1. The van der Waals surface area contributed by atoms with Crippen molar-refractivity contribution in [3.63, 3.8) is 0 Å². The molecule has 1 amide bonds. The summed E-state index contributed by atoms with van der Waals surface area (Å²) in [5.74, 6) is 0.355. The molecule has 1 saturated heterocycles. The van der Waals surface area contributed by atoms with Gasteiger partial charge >= 0.3 is 0 Å². The molecule has 0 radical (unpaired) electrons. The van der Waals surface area contributed by atoms with Crippen LogP contribution in [-0.2, 0) is 9.53 Å². The van der Waals surface area contributed by atoms with Crippen molar-refractivity contribution < 1.29 is 9.53 Å². The number of unbranched alkanes of at least 4 members (excludes halogenated alkanes) is 12. The van der Waals surface area contributed by atoms with Gasteiger partial charge in [-0.15, -0.1) is 0 Å². The van der Waals surface area contributed by atoms with Crippen LogP contribution >= 0.6 is 0 Å². The minimum Gasteiger partial charge on any atom is -0.377 e. The molecule has 0 spiro atoms. The molecule has 3 heteroatoms. The maximum absolute atomic E-state index is 12.5. The second-order valence-electron chi connectivity index (χ2n) is 8.76. The van der Waals surface area contributed by atoms with Gasteiger partial charge in [-0.1, -0.05) is 84.0 Å². The van der Waals surface area contributed by atoms with Crippen LogP contribution in [0.1, 0.15) is 124 Å². The Morgan fingerprint density at radius 1 is 0.889 bits per heavy atom. The van der Waals surface area contributed by atoms with Gasteiger partial charge in [-0.2, -0.15) is 0 Å². The van der Waals surface area contributed by atoms with E-state index in [1.165, 1.54) is 77.0 Å². The van der Waals surface area contributed by atoms with E-state index in [2.05, 4.69) is 25.7 Å². The van der Waals surface area contributed by atoms with Crippen molar-refractivity contribution in [3.8, 4) is 0 Å². The Morgan fingerprint density at radius 3 is 1.93 bits per heavy atom. The highest BCUT2D eigenvalue weighted by Gasteiger charge is 2.28. The lowest BCUT2D eigenvalue weighted by Crippen LogP contribution is -2.38. The van der Waals surface area contributed by atoms with Gasteiger partial charge in [0, 0.05) is 13.0 Å². The molecule has 1 rings (SSSR count). The van der Waals surface area contributed by atoms with Crippen molar-refractivity contribution in [2.75, 3.05) is 13.2 Å². The van der Waals surface area contributed by atoms with E-state index in [4.69, 9.17) is 4.74 Å². The summed E-state index contributed by atoms with van der Waals surface area (Å²) < 4.78 is 5.73. The number of hydrogen-bond acceptors (Lipinski definition) is 2. The van der Waals surface area contributed by atoms with Gasteiger partial charge in [-0.25, -0.2) is 0 Å². The van der Waals surface area contributed by atoms with Crippen LogP contribution < -0.4 is 0 Å². The summed E-state index contributed by atoms with van der Waals surface area (Å²) in [6.07, 6.45) is 20.8. The molecule has 27 heavy (non-hydrogen) atoms. The van der Waals surface area contributed by atoms with Crippen molar-refractivity contribution in [1.29, 1.82) is 0 Å². The molecule has 0 bridgehead atoms. The summed E-state index contributed by atoms with van der Waals surface area (Å²) in [7, 11) is 0. The van der Waals surface area contributed by atoms with Crippen LogP contribution in [0, 0.1) is 0 Å². The molecule has 1 atom stereocenters. The van der Waals surface area contributed by atoms with Crippen LogP contribution in [-0.4, -0.2) is 36.1 Å². The summed E-state index contributed by atoms with van der Waals surface area (Å²) in [5.41, 5.74) is 0. The van der Waals surface area contributed by atoms with Gasteiger partial charge in [0.15, 0.2) is 0 Å². The minimum atomic E-state index is 0.253. The molecule has 160 valence electrons. The maximum atomic E-state index is 12.5. The molecular formula is C24H47NO2. The highest BCUT2D eigenvalue weighted by atomic mass is 16.5. The van der Waals surface area contributed by atoms with Crippen molar-refractivity contribution in [2.24, 2.45) is 0 Å². The molecule has 1 unspecified atom stereocenters. The van der Waals surface area contributed by atoms with E-state index in [1.54, 1.807) is 0 Å². The summed E-state index contributed by atoms with van der Waals surface area (Å²) in [6, 6.07) is 0.321. The average molecular weight is 382 g/mol. The Bertz CT molecular complexity index is 356. The fraction of sp³-hybridized carbons (Fsp3) is 0.958. The molecule has 1 aliphatic heterocycles. The second-order valence-corrected chi connectivity index (χ2v) is 8.76. The number of rotatable bonds is 17. The third kappa shape index (κ3) is 12.5. The Kier molecular flexibility index (Phi) is 14.9. The first-order chi connectivity index (χ1) is 13.1. The first kappa shape index (κ1) is 24.5. The zero-order valence-electron chi connectivity index (χ0n) is 18.6. The van der Waals surface area contributed by atoms with E-state index >= 15 is 0 Å². The van der Waals surface area contributed by atoms with E-state index in [0.717, 1.165) is 32.2 Å². The third-order valence-corrected chi connectivity index (χ3v) is 5.81. The van der Waals surface area contributed by atoms with E-state index < -0.39 is 0 Å². The van der Waals surface area contributed by atoms with Crippen LogP contribution in [0.15, 0.2) is 0 Å². The smallest absolute Gasteiger partial charge is 0.222 e. The first-order valence-electron chi connectivity index (χ1n) is 12.1. The highest BCUT2D eigenvalue weighted by molar-refractivity contribution is 5.76. The molecular weight excluding hydrogens is 334 g/mol. The highest BCUT2D eigenvalue weighted by Crippen LogP contribution is 2.20. The van der Waals surface area contributed by atoms with E-state index in [1.807, 2.05) is 0 Å². The van der Waals surface area contributed by atoms with Crippen LogP contribution in [0.5, 0.6) is 0 Å². The van der Waals surface area contributed by atoms with Gasteiger partial charge in [0.25, 0.3) is 0 Å². The number of hydrogen-bond donors (Lipinski definition) is 0. The number of carbonyl (C=O) groups excluding carboxylic acids is 1. The van der Waals surface area contributed by atoms with Crippen molar-refractivity contribution in [1.82, 2.24) is 4.90 Å². The van der Waals surface area contributed by atoms with Gasteiger partial charge in [0.2, 0.25) is 5.91 Å². The lowest BCUT2D eigenvalue weighted by Gasteiger charge is -2.25. The van der Waals surface area contributed by atoms with Gasteiger partial charge in [-0.3, -0.25) is 4.79 Å². The van der Waals surface area contributed by atoms with Gasteiger partial charge in [0.05, 0.1) is 18.8 Å². The molecule has 0 N–H and O–H groups in total. The van der Waals surface area contributed by atoms with E-state index in [9.17, 15) is 4.79 Å². The normalized spacial score (nSPS) is 17.2. The predicted octanol–water partition coefficient (Wildman–Crippen LogP) is 6.88. The molecule has 0 aromatic heterocycles. The standard InChI is InChI=1S/C24H47NO2/c1-4-5-6-7-8-9-10-11-12-13-14-15-16-19-24(26)25-20-17-18-23(25)21-27-22(2)3/h22-23H,4-21H2,1-3H3.